The number of nitrogens with zero attached hydrogens (tertiary/aromatic N) is 2. The van der Waals surface area contributed by atoms with Crippen molar-refractivity contribution in [2.24, 2.45) is 0 Å². The zero-order valence-corrected chi connectivity index (χ0v) is 9.49. The smallest absolute Gasteiger partial charge is 0.212 e. The molecule has 2 rings (SSSR count). The summed E-state index contributed by atoms with van der Waals surface area (Å²) in [7, 11) is 0. The normalized spacial score (nSPS) is 20.1. The lowest BCUT2D eigenvalue weighted by Gasteiger charge is -2.34. The molecule has 0 saturated carbocycles. The molecule has 0 radical (unpaired) electrons. The molecular formula is C11H19N3O. The second-order valence-electron chi connectivity index (χ2n) is 4.29. The molecule has 1 N–H and O–H groups in total. The molecule has 0 spiro atoms. The fraction of sp³-hybridized carbons (Fsp3) is 0.727. The van der Waals surface area contributed by atoms with E-state index in [1.165, 1.54) is 0 Å². The Morgan fingerprint density at radius 1 is 1.53 bits per heavy atom. The van der Waals surface area contributed by atoms with Crippen molar-refractivity contribution in [2.75, 3.05) is 13.1 Å². The van der Waals surface area contributed by atoms with Crippen LogP contribution in [-0.4, -0.2) is 28.5 Å². The van der Waals surface area contributed by atoms with Crippen LogP contribution >= 0.6 is 0 Å². The highest BCUT2D eigenvalue weighted by Gasteiger charge is 2.29. The molecule has 15 heavy (non-hydrogen) atoms. The summed E-state index contributed by atoms with van der Waals surface area (Å²) in [4.78, 5) is 0. The number of aryl methyl sites for hydroxylation is 1. The van der Waals surface area contributed by atoms with Crippen molar-refractivity contribution in [3.05, 3.63) is 12.3 Å². The maximum atomic E-state index is 6.07. The van der Waals surface area contributed by atoms with Crippen LogP contribution in [0.1, 0.15) is 26.7 Å². The van der Waals surface area contributed by atoms with Crippen LogP contribution in [0.5, 0.6) is 5.88 Å². The number of ether oxygens (including phenoxy) is 1. The van der Waals surface area contributed by atoms with Gasteiger partial charge in [-0.25, -0.2) is 4.68 Å². The predicted octanol–water partition coefficient (Wildman–Crippen LogP) is 1.42. The molecule has 2 heterocycles. The summed E-state index contributed by atoms with van der Waals surface area (Å²) in [6, 6.07) is 1.94. The van der Waals surface area contributed by atoms with Gasteiger partial charge in [0.2, 0.25) is 5.88 Å². The van der Waals surface area contributed by atoms with Crippen molar-refractivity contribution in [3.8, 4) is 5.88 Å². The first kappa shape index (κ1) is 10.5. The Morgan fingerprint density at radius 3 is 2.93 bits per heavy atom. The predicted molar refractivity (Wildman–Crippen MR) is 59.0 cm³/mol. The van der Waals surface area contributed by atoms with Crippen molar-refractivity contribution in [1.82, 2.24) is 15.1 Å². The first-order valence-electron chi connectivity index (χ1n) is 5.65. The lowest BCUT2D eigenvalue weighted by molar-refractivity contribution is 0.0455. The van der Waals surface area contributed by atoms with Gasteiger partial charge in [-0.15, -0.1) is 0 Å². The molecule has 4 nitrogen and oxygen atoms in total. The Bertz CT molecular complexity index is 315. The summed E-state index contributed by atoms with van der Waals surface area (Å²) in [5.41, 5.74) is -0.0296. The van der Waals surface area contributed by atoms with E-state index in [2.05, 4.69) is 24.3 Å². The van der Waals surface area contributed by atoms with Crippen molar-refractivity contribution < 1.29 is 4.74 Å². The van der Waals surface area contributed by atoms with Crippen LogP contribution in [0.3, 0.4) is 0 Å². The van der Waals surface area contributed by atoms with E-state index in [1.807, 2.05) is 10.7 Å². The van der Waals surface area contributed by atoms with Gasteiger partial charge >= 0.3 is 0 Å². The largest absolute Gasteiger partial charge is 0.471 e. The number of nitrogens with one attached hydrogen (secondary N) is 1. The van der Waals surface area contributed by atoms with E-state index in [1.54, 1.807) is 6.20 Å². The second kappa shape index (κ2) is 4.23. The summed E-state index contributed by atoms with van der Waals surface area (Å²) in [5, 5.41) is 7.55. The van der Waals surface area contributed by atoms with E-state index in [-0.39, 0.29) is 5.60 Å². The van der Waals surface area contributed by atoms with Crippen LogP contribution < -0.4 is 10.1 Å². The van der Waals surface area contributed by atoms with E-state index in [9.17, 15) is 0 Å². The number of rotatable bonds is 3. The van der Waals surface area contributed by atoms with Crippen molar-refractivity contribution in [3.63, 3.8) is 0 Å². The van der Waals surface area contributed by atoms with Crippen molar-refractivity contribution in [2.45, 2.75) is 38.8 Å². The number of aromatic nitrogens is 2. The molecule has 84 valence electrons. The van der Waals surface area contributed by atoms with Crippen LogP contribution in [-0.2, 0) is 6.54 Å². The Morgan fingerprint density at radius 2 is 2.27 bits per heavy atom. The molecule has 0 bridgehead atoms. The Balaban J connectivity index is 2.06. The van der Waals surface area contributed by atoms with Crippen LogP contribution in [0.2, 0.25) is 0 Å². The van der Waals surface area contributed by atoms with Gasteiger partial charge in [0.1, 0.15) is 5.60 Å². The Hall–Kier alpha value is -1.03. The van der Waals surface area contributed by atoms with Crippen LogP contribution in [0.4, 0.5) is 0 Å². The molecule has 1 aliphatic heterocycles. The minimum absolute atomic E-state index is 0.0296. The molecule has 0 amide bonds. The number of hydrogen-bond acceptors (Lipinski definition) is 3. The summed E-state index contributed by atoms with van der Waals surface area (Å²) < 4.78 is 7.96. The molecule has 0 unspecified atom stereocenters. The number of hydrogen-bond donors (Lipinski definition) is 1. The standard InChI is InChI=1S/C11H19N3O/c1-3-14-10(4-7-13-14)15-11(2)5-8-12-9-6-11/h4,7,12H,3,5-6,8-9H2,1-2H3. The van der Waals surface area contributed by atoms with E-state index >= 15 is 0 Å². The van der Waals surface area contributed by atoms with Gasteiger partial charge in [0.05, 0.1) is 6.20 Å². The highest BCUT2D eigenvalue weighted by atomic mass is 16.5. The first-order chi connectivity index (χ1) is 7.23. The maximum Gasteiger partial charge on any atom is 0.212 e. The third-order valence-electron chi connectivity index (χ3n) is 2.99. The highest BCUT2D eigenvalue weighted by molar-refractivity contribution is 5.09. The molecule has 1 aromatic heterocycles. The van der Waals surface area contributed by atoms with Gasteiger partial charge < -0.3 is 10.1 Å². The molecule has 0 aliphatic carbocycles. The Labute approximate surface area is 90.6 Å². The van der Waals surface area contributed by atoms with Gasteiger partial charge in [-0.2, -0.15) is 5.10 Å². The van der Waals surface area contributed by atoms with Crippen LogP contribution in [0.15, 0.2) is 12.3 Å². The third kappa shape index (κ3) is 2.31. The minimum atomic E-state index is -0.0296. The summed E-state index contributed by atoms with van der Waals surface area (Å²) in [5.74, 6) is 0.891. The van der Waals surface area contributed by atoms with E-state index in [4.69, 9.17) is 4.74 Å². The third-order valence-corrected chi connectivity index (χ3v) is 2.99. The fourth-order valence-corrected chi connectivity index (χ4v) is 1.95. The summed E-state index contributed by atoms with van der Waals surface area (Å²) >= 11 is 0. The van der Waals surface area contributed by atoms with Gasteiger partial charge in [0.25, 0.3) is 0 Å². The molecule has 1 fully saturated rings. The zero-order chi connectivity index (χ0) is 10.7. The lowest BCUT2D eigenvalue weighted by atomic mass is 9.95. The van der Waals surface area contributed by atoms with Gasteiger partial charge in [-0.1, -0.05) is 0 Å². The number of piperidine rings is 1. The van der Waals surface area contributed by atoms with E-state index in [0.717, 1.165) is 38.4 Å². The van der Waals surface area contributed by atoms with Crippen LogP contribution in [0.25, 0.3) is 0 Å². The second-order valence-corrected chi connectivity index (χ2v) is 4.29. The monoisotopic (exact) mass is 209 g/mol. The molecule has 0 atom stereocenters. The first-order valence-corrected chi connectivity index (χ1v) is 5.65. The quantitative estimate of drug-likeness (QED) is 0.818. The van der Waals surface area contributed by atoms with Crippen molar-refractivity contribution >= 4 is 0 Å². The molecular weight excluding hydrogens is 190 g/mol. The SMILES string of the molecule is CCn1nccc1OC1(C)CCNCC1. The van der Waals surface area contributed by atoms with Gasteiger partial charge in [0.15, 0.2) is 0 Å². The molecule has 1 aromatic rings. The topological polar surface area (TPSA) is 39.1 Å². The molecule has 1 aliphatic rings. The van der Waals surface area contributed by atoms with Crippen LogP contribution in [0, 0.1) is 0 Å². The van der Waals surface area contributed by atoms with E-state index < -0.39 is 0 Å². The molecule has 0 aromatic carbocycles. The molecule has 4 heteroatoms. The lowest BCUT2D eigenvalue weighted by Crippen LogP contribution is -2.44. The van der Waals surface area contributed by atoms with Gasteiger partial charge in [-0.05, 0) is 39.8 Å². The average molecular weight is 209 g/mol. The zero-order valence-electron chi connectivity index (χ0n) is 9.49. The summed E-state index contributed by atoms with van der Waals surface area (Å²) in [6.07, 6.45) is 3.91. The fourth-order valence-electron chi connectivity index (χ4n) is 1.95. The minimum Gasteiger partial charge on any atom is -0.471 e. The van der Waals surface area contributed by atoms with Gasteiger partial charge in [0, 0.05) is 12.6 Å². The maximum absolute atomic E-state index is 6.07. The molecule has 1 saturated heterocycles. The van der Waals surface area contributed by atoms with Crippen molar-refractivity contribution in [1.29, 1.82) is 0 Å². The highest BCUT2D eigenvalue weighted by Crippen LogP contribution is 2.25. The average Bonchev–Trinajstić information content (AvgIpc) is 2.65. The van der Waals surface area contributed by atoms with Gasteiger partial charge in [-0.3, -0.25) is 0 Å². The Kier molecular flexibility index (Phi) is 2.95. The van der Waals surface area contributed by atoms with E-state index in [0.29, 0.717) is 0 Å². The summed E-state index contributed by atoms with van der Waals surface area (Å²) in [6.45, 7) is 7.19.